The molecule has 1 amide bonds. The summed E-state index contributed by atoms with van der Waals surface area (Å²) in [6, 6.07) is 9.97. The summed E-state index contributed by atoms with van der Waals surface area (Å²) in [5.74, 6) is 0.294. The van der Waals surface area contributed by atoms with Crippen LogP contribution in [0.1, 0.15) is 18.1 Å². The van der Waals surface area contributed by atoms with Crippen molar-refractivity contribution < 1.29 is 4.79 Å². The first kappa shape index (κ1) is 17.2. The van der Waals surface area contributed by atoms with E-state index in [-0.39, 0.29) is 5.91 Å². The Hall–Kier alpha value is -2.67. The Bertz CT molecular complexity index is 907. The second-order valence-corrected chi connectivity index (χ2v) is 7.14. The van der Waals surface area contributed by atoms with Gasteiger partial charge in [-0.1, -0.05) is 29.5 Å². The normalized spacial score (nSPS) is 12.1. The third-order valence-corrected chi connectivity index (χ3v) is 4.89. The number of benzene rings is 1. The highest BCUT2D eigenvalue weighted by Crippen LogP contribution is 2.31. The van der Waals surface area contributed by atoms with Gasteiger partial charge in [0.05, 0.1) is 10.9 Å². The van der Waals surface area contributed by atoms with E-state index in [1.165, 1.54) is 17.3 Å². The van der Waals surface area contributed by atoms with Crippen molar-refractivity contribution >= 4 is 17.7 Å². The smallest absolute Gasteiger partial charge is 0.230 e. The van der Waals surface area contributed by atoms with Crippen LogP contribution >= 0.6 is 11.8 Å². The average Bonchev–Trinajstić information content (AvgIpc) is 2.99. The number of primary amides is 1. The molecule has 0 unspecified atom stereocenters. The molecule has 128 valence electrons. The van der Waals surface area contributed by atoms with Crippen LogP contribution in [0.15, 0.2) is 47.9 Å². The van der Waals surface area contributed by atoms with Crippen LogP contribution in [-0.4, -0.2) is 30.9 Å². The first-order valence-corrected chi connectivity index (χ1v) is 8.74. The lowest BCUT2D eigenvalue weighted by Gasteiger charge is -2.14. The fourth-order valence-electron chi connectivity index (χ4n) is 2.52. The molecule has 0 bridgehead atoms. The molecule has 0 saturated heterocycles. The fourth-order valence-corrected chi connectivity index (χ4v) is 3.33. The largest absolute Gasteiger partial charge is 0.369 e. The minimum atomic E-state index is -0.407. The van der Waals surface area contributed by atoms with Gasteiger partial charge in [-0.05, 0) is 44.5 Å². The highest BCUT2D eigenvalue weighted by atomic mass is 32.2. The van der Waals surface area contributed by atoms with Gasteiger partial charge in [-0.25, -0.2) is 0 Å². The molecule has 0 fully saturated rings. The summed E-state index contributed by atoms with van der Waals surface area (Å²) >= 11 is 1.30. The summed E-state index contributed by atoms with van der Waals surface area (Å²) in [7, 11) is 0. The van der Waals surface area contributed by atoms with Crippen molar-refractivity contribution in [3.8, 4) is 17.1 Å². The van der Waals surface area contributed by atoms with E-state index in [9.17, 15) is 4.79 Å². The zero-order chi connectivity index (χ0) is 18.0. The molecule has 1 atom stereocenters. The van der Waals surface area contributed by atoms with Crippen LogP contribution in [0.4, 0.5) is 0 Å². The quantitative estimate of drug-likeness (QED) is 0.713. The second-order valence-electron chi connectivity index (χ2n) is 5.84. The lowest BCUT2D eigenvalue weighted by Crippen LogP contribution is -2.23. The van der Waals surface area contributed by atoms with Crippen LogP contribution in [0, 0.1) is 13.8 Å². The van der Waals surface area contributed by atoms with E-state index in [0.29, 0.717) is 11.0 Å². The van der Waals surface area contributed by atoms with Crippen molar-refractivity contribution in [2.24, 2.45) is 5.73 Å². The summed E-state index contributed by atoms with van der Waals surface area (Å²) in [5, 5.41) is 8.85. The van der Waals surface area contributed by atoms with E-state index >= 15 is 0 Å². The van der Waals surface area contributed by atoms with Gasteiger partial charge in [0.15, 0.2) is 11.0 Å². The van der Waals surface area contributed by atoms with Crippen molar-refractivity contribution in [2.45, 2.75) is 31.2 Å². The Morgan fingerprint density at radius 1 is 1.24 bits per heavy atom. The van der Waals surface area contributed by atoms with Crippen LogP contribution < -0.4 is 5.73 Å². The molecule has 0 aliphatic carbocycles. The van der Waals surface area contributed by atoms with Gasteiger partial charge in [-0.3, -0.25) is 14.3 Å². The van der Waals surface area contributed by atoms with Crippen LogP contribution in [0.3, 0.4) is 0 Å². The second kappa shape index (κ2) is 7.06. The SMILES string of the molecule is Cc1ccc(-n2c(S[C@H](C)C(N)=O)nnc2-c2cccnc2)c(C)c1. The molecule has 0 saturated carbocycles. The minimum Gasteiger partial charge on any atom is -0.369 e. The highest BCUT2D eigenvalue weighted by Gasteiger charge is 2.21. The number of thioether (sulfide) groups is 1. The molecular formula is C18H19N5OS. The van der Waals surface area contributed by atoms with Gasteiger partial charge < -0.3 is 5.73 Å². The van der Waals surface area contributed by atoms with Crippen molar-refractivity contribution in [1.82, 2.24) is 19.7 Å². The summed E-state index contributed by atoms with van der Waals surface area (Å²) in [6.45, 7) is 5.86. The van der Waals surface area contributed by atoms with Gasteiger partial charge in [0.1, 0.15) is 0 Å². The van der Waals surface area contributed by atoms with Gasteiger partial charge >= 0.3 is 0 Å². The molecular weight excluding hydrogens is 334 g/mol. The summed E-state index contributed by atoms with van der Waals surface area (Å²) in [5.41, 5.74) is 9.51. The number of nitrogens with two attached hydrogens (primary N) is 1. The van der Waals surface area contributed by atoms with Crippen LogP contribution in [-0.2, 0) is 4.79 Å². The Kier molecular flexibility index (Phi) is 4.85. The number of carbonyl (C=O) groups excluding carboxylic acids is 1. The van der Waals surface area contributed by atoms with Gasteiger partial charge in [-0.2, -0.15) is 0 Å². The number of hydrogen-bond acceptors (Lipinski definition) is 5. The maximum absolute atomic E-state index is 11.5. The minimum absolute atomic E-state index is 0.386. The molecule has 6 nitrogen and oxygen atoms in total. The van der Waals surface area contributed by atoms with E-state index in [1.807, 2.05) is 35.8 Å². The van der Waals surface area contributed by atoms with Gasteiger partial charge in [0.2, 0.25) is 5.91 Å². The average molecular weight is 353 g/mol. The Morgan fingerprint density at radius 2 is 2.04 bits per heavy atom. The fraction of sp³-hybridized carbons (Fsp3) is 0.222. The van der Waals surface area contributed by atoms with E-state index in [2.05, 4.69) is 28.2 Å². The Labute approximate surface area is 150 Å². The topological polar surface area (TPSA) is 86.7 Å². The maximum Gasteiger partial charge on any atom is 0.230 e. The predicted octanol–water partition coefficient (Wildman–Crippen LogP) is 2.91. The van der Waals surface area contributed by atoms with Crippen molar-refractivity contribution in [3.63, 3.8) is 0 Å². The first-order chi connectivity index (χ1) is 12.0. The first-order valence-electron chi connectivity index (χ1n) is 7.87. The zero-order valence-corrected chi connectivity index (χ0v) is 15.1. The van der Waals surface area contributed by atoms with E-state index < -0.39 is 5.25 Å². The van der Waals surface area contributed by atoms with E-state index in [1.54, 1.807) is 19.3 Å². The Morgan fingerprint density at radius 3 is 2.68 bits per heavy atom. The standard InChI is InChI=1S/C18H19N5OS/c1-11-6-7-15(12(2)9-11)23-17(14-5-4-8-20-10-14)21-22-18(23)25-13(3)16(19)24/h4-10,13H,1-3H3,(H2,19,24)/t13-/m1/s1. The van der Waals surface area contributed by atoms with Crippen LogP contribution in [0.2, 0.25) is 0 Å². The number of carbonyl (C=O) groups is 1. The van der Waals surface area contributed by atoms with Crippen molar-refractivity contribution in [1.29, 1.82) is 0 Å². The number of amides is 1. The Balaban J connectivity index is 2.17. The lowest BCUT2D eigenvalue weighted by atomic mass is 10.1. The number of nitrogens with zero attached hydrogens (tertiary/aromatic N) is 4. The monoisotopic (exact) mass is 353 g/mol. The number of aromatic nitrogens is 4. The zero-order valence-electron chi connectivity index (χ0n) is 14.3. The van der Waals surface area contributed by atoms with Gasteiger partial charge in [0.25, 0.3) is 0 Å². The molecule has 7 heteroatoms. The number of aryl methyl sites for hydroxylation is 2. The van der Waals surface area contributed by atoms with Crippen molar-refractivity contribution in [2.75, 3.05) is 0 Å². The van der Waals surface area contributed by atoms with E-state index in [0.717, 1.165) is 16.8 Å². The molecule has 25 heavy (non-hydrogen) atoms. The number of pyridine rings is 1. The predicted molar refractivity (Wildman–Crippen MR) is 98.6 cm³/mol. The third kappa shape index (κ3) is 3.56. The highest BCUT2D eigenvalue weighted by molar-refractivity contribution is 8.00. The van der Waals surface area contributed by atoms with Crippen LogP contribution in [0.25, 0.3) is 17.1 Å². The molecule has 0 aliphatic heterocycles. The van der Waals surface area contributed by atoms with Gasteiger partial charge in [-0.15, -0.1) is 10.2 Å². The molecule has 1 aromatic carbocycles. The number of hydrogen-bond donors (Lipinski definition) is 1. The molecule has 0 aliphatic rings. The molecule has 2 aromatic heterocycles. The molecule has 2 heterocycles. The summed E-state index contributed by atoms with van der Waals surface area (Å²) in [6.07, 6.45) is 3.46. The van der Waals surface area contributed by atoms with Crippen LogP contribution in [0.5, 0.6) is 0 Å². The molecule has 0 radical (unpaired) electrons. The molecule has 3 aromatic rings. The van der Waals surface area contributed by atoms with Gasteiger partial charge in [0, 0.05) is 18.0 Å². The maximum atomic E-state index is 11.5. The lowest BCUT2D eigenvalue weighted by molar-refractivity contribution is -0.117. The molecule has 3 rings (SSSR count). The summed E-state index contributed by atoms with van der Waals surface area (Å²) < 4.78 is 1.95. The number of rotatable bonds is 5. The van der Waals surface area contributed by atoms with Crippen molar-refractivity contribution in [3.05, 3.63) is 53.9 Å². The third-order valence-electron chi connectivity index (χ3n) is 3.83. The summed E-state index contributed by atoms with van der Waals surface area (Å²) in [4.78, 5) is 15.6. The van der Waals surface area contributed by atoms with E-state index in [4.69, 9.17) is 5.73 Å². The molecule has 0 spiro atoms. The molecule has 2 N–H and O–H groups in total.